The predicted octanol–water partition coefficient (Wildman–Crippen LogP) is 1.57. The van der Waals surface area contributed by atoms with Gasteiger partial charge in [-0.2, -0.15) is 4.39 Å². The van der Waals surface area contributed by atoms with Crippen molar-refractivity contribution in [2.75, 3.05) is 5.32 Å². The van der Waals surface area contributed by atoms with Crippen LogP contribution in [0.15, 0.2) is 36.7 Å². The largest absolute Gasteiger partial charge is 0.477 e. The lowest BCUT2D eigenvalue weighted by atomic mass is 10.2. The van der Waals surface area contributed by atoms with Gasteiger partial charge in [0.1, 0.15) is 5.69 Å². The highest BCUT2D eigenvalue weighted by molar-refractivity contribution is 6.04. The number of anilines is 1. The van der Waals surface area contributed by atoms with Crippen molar-refractivity contribution in [3.8, 4) is 0 Å². The number of rotatable bonds is 3. The molecule has 0 saturated heterocycles. The number of pyridine rings is 2. The summed E-state index contributed by atoms with van der Waals surface area (Å²) < 4.78 is 12.6. The average Bonchev–Trinajstić information content (AvgIpc) is 2.40. The van der Waals surface area contributed by atoms with Crippen LogP contribution in [0.2, 0.25) is 0 Å². The Hall–Kier alpha value is -2.83. The number of carbonyl (C=O) groups is 2. The number of aromatic nitrogens is 2. The molecule has 96 valence electrons. The maximum absolute atomic E-state index is 12.6. The molecule has 0 aromatic carbocycles. The van der Waals surface area contributed by atoms with Crippen LogP contribution in [0, 0.1) is 5.95 Å². The van der Waals surface area contributed by atoms with Crippen molar-refractivity contribution in [3.05, 3.63) is 53.9 Å². The van der Waals surface area contributed by atoms with Crippen LogP contribution in [0.3, 0.4) is 0 Å². The van der Waals surface area contributed by atoms with Crippen molar-refractivity contribution in [1.29, 1.82) is 0 Å². The van der Waals surface area contributed by atoms with Crippen molar-refractivity contribution in [3.63, 3.8) is 0 Å². The summed E-state index contributed by atoms with van der Waals surface area (Å²) in [6.07, 6.45) is 2.32. The van der Waals surface area contributed by atoms with Gasteiger partial charge in [0.15, 0.2) is 0 Å². The first kappa shape index (κ1) is 12.6. The van der Waals surface area contributed by atoms with Crippen molar-refractivity contribution < 1.29 is 19.1 Å². The molecule has 2 aromatic heterocycles. The second-order valence-corrected chi connectivity index (χ2v) is 3.56. The summed E-state index contributed by atoms with van der Waals surface area (Å²) in [5.41, 5.74) is 0.393. The van der Waals surface area contributed by atoms with Gasteiger partial charge >= 0.3 is 5.97 Å². The highest BCUT2D eigenvalue weighted by Gasteiger charge is 2.08. The monoisotopic (exact) mass is 261 g/mol. The van der Waals surface area contributed by atoms with E-state index in [4.69, 9.17) is 5.11 Å². The molecule has 0 atom stereocenters. The van der Waals surface area contributed by atoms with Gasteiger partial charge in [0, 0.05) is 6.20 Å². The van der Waals surface area contributed by atoms with E-state index in [0.717, 1.165) is 12.3 Å². The number of halogens is 1. The molecule has 0 aliphatic heterocycles. The first-order valence-corrected chi connectivity index (χ1v) is 5.18. The van der Waals surface area contributed by atoms with Gasteiger partial charge in [0.05, 0.1) is 17.4 Å². The number of nitrogens with zero attached hydrogens (tertiary/aromatic N) is 2. The number of carboxylic acids is 1. The third-order valence-electron chi connectivity index (χ3n) is 2.23. The minimum Gasteiger partial charge on any atom is -0.477 e. The highest BCUT2D eigenvalue weighted by Crippen LogP contribution is 2.09. The number of amides is 1. The first-order valence-electron chi connectivity index (χ1n) is 5.18. The predicted molar refractivity (Wildman–Crippen MR) is 63.3 cm³/mol. The zero-order chi connectivity index (χ0) is 13.8. The van der Waals surface area contributed by atoms with Crippen LogP contribution in [-0.2, 0) is 0 Å². The Balaban J connectivity index is 2.10. The molecule has 2 rings (SSSR count). The van der Waals surface area contributed by atoms with Crippen LogP contribution >= 0.6 is 0 Å². The summed E-state index contributed by atoms with van der Waals surface area (Å²) in [7, 11) is 0. The Morgan fingerprint density at radius 1 is 1.11 bits per heavy atom. The smallest absolute Gasteiger partial charge is 0.354 e. The van der Waals surface area contributed by atoms with Crippen LogP contribution in [0.25, 0.3) is 0 Å². The van der Waals surface area contributed by atoms with E-state index in [1.54, 1.807) is 0 Å². The molecule has 0 bridgehead atoms. The Kier molecular flexibility index (Phi) is 3.46. The lowest BCUT2D eigenvalue weighted by molar-refractivity contribution is 0.0690. The van der Waals surface area contributed by atoms with E-state index < -0.39 is 17.8 Å². The zero-order valence-electron chi connectivity index (χ0n) is 9.50. The summed E-state index contributed by atoms with van der Waals surface area (Å²) in [6, 6.07) is 5.03. The summed E-state index contributed by atoms with van der Waals surface area (Å²) in [5.74, 6) is -2.32. The second-order valence-electron chi connectivity index (χ2n) is 3.56. The third-order valence-corrected chi connectivity index (χ3v) is 2.23. The van der Waals surface area contributed by atoms with Gasteiger partial charge in [-0.05, 0) is 24.3 Å². The van der Waals surface area contributed by atoms with Gasteiger partial charge in [-0.1, -0.05) is 0 Å². The molecule has 0 aliphatic carbocycles. The number of aromatic carboxylic acids is 1. The van der Waals surface area contributed by atoms with Gasteiger partial charge in [0.2, 0.25) is 5.95 Å². The Bertz CT molecular complexity index is 611. The Labute approximate surface area is 106 Å². The third kappa shape index (κ3) is 3.09. The fraction of sp³-hybridized carbons (Fsp3) is 0. The van der Waals surface area contributed by atoms with Crippen LogP contribution in [-0.4, -0.2) is 27.0 Å². The molecule has 0 radical (unpaired) electrons. The molecule has 0 saturated carbocycles. The molecule has 6 nitrogen and oxygen atoms in total. The summed E-state index contributed by atoms with van der Waals surface area (Å²) in [5, 5.41) is 11.2. The van der Waals surface area contributed by atoms with E-state index in [-0.39, 0.29) is 11.3 Å². The van der Waals surface area contributed by atoms with Crippen molar-refractivity contribution in [1.82, 2.24) is 9.97 Å². The molecule has 2 N–H and O–H groups in total. The number of hydrogen-bond acceptors (Lipinski definition) is 4. The van der Waals surface area contributed by atoms with E-state index >= 15 is 0 Å². The SMILES string of the molecule is O=C(Nc1ccc(C(=O)O)nc1)c1ccc(F)nc1. The van der Waals surface area contributed by atoms with Crippen LogP contribution in [0.4, 0.5) is 10.1 Å². The molecule has 19 heavy (non-hydrogen) atoms. The van der Waals surface area contributed by atoms with Crippen molar-refractivity contribution in [2.45, 2.75) is 0 Å². The highest BCUT2D eigenvalue weighted by atomic mass is 19.1. The molecule has 2 heterocycles. The summed E-state index contributed by atoms with van der Waals surface area (Å²) >= 11 is 0. The number of carboxylic acid groups (broad SMARTS) is 1. The quantitative estimate of drug-likeness (QED) is 0.818. The zero-order valence-corrected chi connectivity index (χ0v) is 9.50. The second kappa shape index (κ2) is 5.21. The maximum Gasteiger partial charge on any atom is 0.354 e. The molecular weight excluding hydrogens is 253 g/mol. The lowest BCUT2D eigenvalue weighted by Crippen LogP contribution is -2.13. The van der Waals surface area contributed by atoms with Gasteiger partial charge < -0.3 is 10.4 Å². The summed E-state index contributed by atoms with van der Waals surface area (Å²) in [4.78, 5) is 29.3. The molecule has 1 amide bonds. The molecule has 7 heteroatoms. The normalized spacial score (nSPS) is 9.95. The Morgan fingerprint density at radius 3 is 2.42 bits per heavy atom. The standard InChI is InChI=1S/C12H8FN3O3/c13-10-4-1-7(5-15-10)11(17)16-8-2-3-9(12(18)19)14-6-8/h1-6H,(H,16,17)(H,18,19). The molecular formula is C12H8FN3O3. The van der Waals surface area contributed by atoms with Gasteiger partial charge in [-0.15, -0.1) is 0 Å². The number of carbonyl (C=O) groups excluding carboxylic acids is 1. The minimum absolute atomic E-state index is 0.124. The number of hydrogen-bond donors (Lipinski definition) is 2. The van der Waals surface area contributed by atoms with E-state index in [0.29, 0.717) is 5.69 Å². The van der Waals surface area contributed by atoms with Crippen LogP contribution in [0.1, 0.15) is 20.8 Å². The van der Waals surface area contributed by atoms with Gasteiger partial charge in [-0.3, -0.25) is 4.79 Å². The molecule has 0 fully saturated rings. The molecule has 0 aliphatic rings. The van der Waals surface area contributed by atoms with Gasteiger partial charge in [-0.25, -0.2) is 14.8 Å². The van der Waals surface area contributed by atoms with Crippen LogP contribution in [0.5, 0.6) is 0 Å². The topological polar surface area (TPSA) is 92.2 Å². The van der Waals surface area contributed by atoms with Gasteiger partial charge in [0.25, 0.3) is 5.91 Å². The molecule has 2 aromatic rings. The lowest BCUT2D eigenvalue weighted by Gasteiger charge is -2.04. The Morgan fingerprint density at radius 2 is 1.89 bits per heavy atom. The van der Waals surface area contributed by atoms with E-state index in [1.165, 1.54) is 24.4 Å². The molecule has 0 unspecified atom stereocenters. The average molecular weight is 261 g/mol. The van der Waals surface area contributed by atoms with E-state index in [1.807, 2.05) is 0 Å². The fourth-order valence-corrected chi connectivity index (χ4v) is 1.31. The fourth-order valence-electron chi connectivity index (χ4n) is 1.31. The van der Waals surface area contributed by atoms with Crippen molar-refractivity contribution >= 4 is 17.6 Å². The summed E-state index contributed by atoms with van der Waals surface area (Å²) in [6.45, 7) is 0. The van der Waals surface area contributed by atoms with E-state index in [2.05, 4.69) is 15.3 Å². The van der Waals surface area contributed by atoms with E-state index in [9.17, 15) is 14.0 Å². The molecule has 0 spiro atoms. The minimum atomic E-state index is -1.15. The van der Waals surface area contributed by atoms with Crippen LogP contribution < -0.4 is 5.32 Å². The maximum atomic E-state index is 12.6. The number of nitrogens with one attached hydrogen (secondary N) is 1. The first-order chi connectivity index (χ1) is 9.06. The van der Waals surface area contributed by atoms with Crippen molar-refractivity contribution in [2.24, 2.45) is 0 Å².